The Kier molecular flexibility index (Phi) is 3.91. The van der Waals surface area contributed by atoms with Crippen LogP contribution in [0.3, 0.4) is 0 Å². The smallest absolute Gasteiger partial charge is 0.254 e. The molecule has 1 aliphatic carbocycles. The quantitative estimate of drug-likeness (QED) is 0.791. The van der Waals surface area contributed by atoms with Crippen LogP contribution in [0.1, 0.15) is 29.6 Å². The standard InChI is InChI=1S/C11H14ClN3O2/c12-11-14-5-8(6-15-11)10(17)13-4-7-1-2-9(16)3-7/h5-7,9,16H,1-4H2,(H,13,17). The van der Waals surface area contributed by atoms with E-state index in [0.29, 0.717) is 18.0 Å². The van der Waals surface area contributed by atoms with E-state index < -0.39 is 0 Å². The molecule has 2 N–H and O–H groups in total. The highest BCUT2D eigenvalue weighted by Crippen LogP contribution is 2.24. The summed E-state index contributed by atoms with van der Waals surface area (Å²) in [7, 11) is 0. The van der Waals surface area contributed by atoms with Crippen LogP contribution >= 0.6 is 11.6 Å². The molecule has 1 fully saturated rings. The van der Waals surface area contributed by atoms with E-state index in [1.165, 1.54) is 12.4 Å². The molecule has 0 radical (unpaired) electrons. The summed E-state index contributed by atoms with van der Waals surface area (Å²) in [5, 5.41) is 12.3. The Balaban J connectivity index is 1.83. The largest absolute Gasteiger partial charge is 0.393 e. The Morgan fingerprint density at radius 2 is 2.18 bits per heavy atom. The third-order valence-corrected chi connectivity index (χ3v) is 3.14. The molecule has 1 aliphatic rings. The predicted molar refractivity (Wildman–Crippen MR) is 62.7 cm³/mol. The van der Waals surface area contributed by atoms with Crippen LogP contribution in [0.15, 0.2) is 12.4 Å². The van der Waals surface area contributed by atoms with Crippen LogP contribution in [-0.2, 0) is 0 Å². The van der Waals surface area contributed by atoms with Gasteiger partial charge in [0.15, 0.2) is 0 Å². The van der Waals surface area contributed by atoms with Crippen LogP contribution in [0.25, 0.3) is 0 Å². The highest BCUT2D eigenvalue weighted by molar-refractivity contribution is 6.28. The van der Waals surface area contributed by atoms with Crippen LogP contribution in [0, 0.1) is 5.92 Å². The number of amides is 1. The van der Waals surface area contributed by atoms with Gasteiger partial charge >= 0.3 is 0 Å². The Bertz CT molecular complexity index is 396. The van der Waals surface area contributed by atoms with Gasteiger partial charge < -0.3 is 10.4 Å². The summed E-state index contributed by atoms with van der Waals surface area (Å²) >= 11 is 5.53. The highest BCUT2D eigenvalue weighted by Gasteiger charge is 2.23. The van der Waals surface area contributed by atoms with Crippen molar-refractivity contribution in [3.63, 3.8) is 0 Å². The molecule has 6 heteroatoms. The molecule has 0 saturated heterocycles. The number of carbonyl (C=O) groups is 1. The van der Waals surface area contributed by atoms with Gasteiger partial charge in [0, 0.05) is 18.9 Å². The fourth-order valence-electron chi connectivity index (χ4n) is 2.00. The molecule has 5 nitrogen and oxygen atoms in total. The summed E-state index contributed by atoms with van der Waals surface area (Å²) in [6.07, 6.45) is 5.12. The summed E-state index contributed by atoms with van der Waals surface area (Å²) in [4.78, 5) is 19.2. The topological polar surface area (TPSA) is 75.1 Å². The normalized spacial score (nSPS) is 23.6. The maximum absolute atomic E-state index is 11.7. The van der Waals surface area contributed by atoms with Crippen molar-refractivity contribution in [2.75, 3.05) is 6.54 Å². The molecule has 0 aromatic carbocycles. The number of aliphatic hydroxyl groups excluding tert-OH is 1. The van der Waals surface area contributed by atoms with Crippen LogP contribution in [0.5, 0.6) is 0 Å². The second-order valence-electron chi connectivity index (χ2n) is 4.28. The molecule has 1 aromatic rings. The van der Waals surface area contributed by atoms with E-state index in [1.54, 1.807) is 0 Å². The van der Waals surface area contributed by atoms with E-state index in [2.05, 4.69) is 15.3 Å². The van der Waals surface area contributed by atoms with Gasteiger partial charge in [0.05, 0.1) is 11.7 Å². The van der Waals surface area contributed by atoms with Gasteiger partial charge in [-0.2, -0.15) is 0 Å². The van der Waals surface area contributed by atoms with Gasteiger partial charge in [-0.25, -0.2) is 9.97 Å². The first-order valence-corrected chi connectivity index (χ1v) is 5.97. The summed E-state index contributed by atoms with van der Waals surface area (Å²) in [5.41, 5.74) is 0.396. The number of hydrogen-bond acceptors (Lipinski definition) is 4. The van der Waals surface area contributed by atoms with Gasteiger partial charge in [0.25, 0.3) is 5.91 Å². The van der Waals surface area contributed by atoms with Crippen molar-refractivity contribution in [2.24, 2.45) is 5.92 Å². The monoisotopic (exact) mass is 255 g/mol. The van der Waals surface area contributed by atoms with E-state index >= 15 is 0 Å². The molecular formula is C11H14ClN3O2. The number of carbonyl (C=O) groups excluding carboxylic acids is 1. The van der Waals surface area contributed by atoms with Gasteiger partial charge in [-0.15, -0.1) is 0 Å². The maximum Gasteiger partial charge on any atom is 0.254 e. The van der Waals surface area contributed by atoms with E-state index in [1.807, 2.05) is 0 Å². The van der Waals surface area contributed by atoms with Crippen LogP contribution < -0.4 is 5.32 Å². The molecule has 2 atom stereocenters. The molecular weight excluding hydrogens is 242 g/mol. The Hall–Kier alpha value is -1.20. The number of aromatic nitrogens is 2. The third-order valence-electron chi connectivity index (χ3n) is 2.95. The number of halogens is 1. The molecule has 1 heterocycles. The second-order valence-corrected chi connectivity index (χ2v) is 4.62. The number of rotatable bonds is 3. The molecule has 0 bridgehead atoms. The zero-order valence-electron chi connectivity index (χ0n) is 9.27. The summed E-state index contributed by atoms with van der Waals surface area (Å²) in [6, 6.07) is 0. The van der Waals surface area contributed by atoms with Gasteiger partial charge in [-0.05, 0) is 36.8 Å². The Labute approximate surface area is 104 Å². The van der Waals surface area contributed by atoms with Gasteiger partial charge in [0.1, 0.15) is 0 Å². The van der Waals surface area contributed by atoms with Crippen molar-refractivity contribution in [3.05, 3.63) is 23.2 Å². The van der Waals surface area contributed by atoms with Crippen molar-refractivity contribution in [1.29, 1.82) is 0 Å². The van der Waals surface area contributed by atoms with Crippen molar-refractivity contribution >= 4 is 17.5 Å². The van der Waals surface area contributed by atoms with E-state index in [4.69, 9.17) is 11.6 Å². The molecule has 0 aliphatic heterocycles. The molecule has 1 aromatic heterocycles. The fraction of sp³-hybridized carbons (Fsp3) is 0.545. The average molecular weight is 256 g/mol. The van der Waals surface area contributed by atoms with Crippen LogP contribution in [0.4, 0.5) is 0 Å². The zero-order valence-corrected chi connectivity index (χ0v) is 10.0. The predicted octanol–water partition coefficient (Wildman–Crippen LogP) is 1.02. The van der Waals surface area contributed by atoms with Gasteiger partial charge in [-0.3, -0.25) is 4.79 Å². The molecule has 0 spiro atoms. The Morgan fingerprint density at radius 3 is 2.76 bits per heavy atom. The number of nitrogens with zero attached hydrogens (tertiary/aromatic N) is 2. The SMILES string of the molecule is O=C(NCC1CCC(O)C1)c1cnc(Cl)nc1. The molecule has 92 valence electrons. The average Bonchev–Trinajstić information content (AvgIpc) is 2.73. The number of nitrogens with one attached hydrogen (secondary N) is 1. The molecule has 1 amide bonds. The number of hydrogen-bond donors (Lipinski definition) is 2. The second kappa shape index (κ2) is 5.42. The van der Waals surface area contributed by atoms with Crippen molar-refractivity contribution in [3.8, 4) is 0 Å². The summed E-state index contributed by atoms with van der Waals surface area (Å²) in [5.74, 6) is 0.158. The Morgan fingerprint density at radius 1 is 1.47 bits per heavy atom. The maximum atomic E-state index is 11.7. The summed E-state index contributed by atoms with van der Waals surface area (Å²) in [6.45, 7) is 0.582. The van der Waals surface area contributed by atoms with Gasteiger partial charge in [-0.1, -0.05) is 0 Å². The van der Waals surface area contributed by atoms with E-state index in [0.717, 1.165) is 19.3 Å². The van der Waals surface area contributed by atoms with Crippen molar-refractivity contribution in [1.82, 2.24) is 15.3 Å². The van der Waals surface area contributed by atoms with Crippen LogP contribution in [0.2, 0.25) is 5.28 Å². The minimum absolute atomic E-state index is 0.125. The lowest BCUT2D eigenvalue weighted by Crippen LogP contribution is -2.28. The molecule has 1 saturated carbocycles. The first kappa shape index (κ1) is 12.3. The minimum atomic E-state index is -0.212. The first-order chi connectivity index (χ1) is 8.15. The lowest BCUT2D eigenvalue weighted by molar-refractivity contribution is 0.0944. The van der Waals surface area contributed by atoms with Crippen LogP contribution in [-0.4, -0.2) is 33.6 Å². The third kappa shape index (κ3) is 3.38. The fourth-order valence-corrected chi connectivity index (χ4v) is 2.10. The van der Waals surface area contributed by atoms with Gasteiger partial charge in [0.2, 0.25) is 5.28 Å². The van der Waals surface area contributed by atoms with E-state index in [9.17, 15) is 9.90 Å². The van der Waals surface area contributed by atoms with E-state index in [-0.39, 0.29) is 17.3 Å². The van der Waals surface area contributed by atoms with Crippen molar-refractivity contribution < 1.29 is 9.90 Å². The zero-order chi connectivity index (χ0) is 12.3. The number of aliphatic hydroxyl groups is 1. The molecule has 2 rings (SSSR count). The highest BCUT2D eigenvalue weighted by atomic mass is 35.5. The lowest BCUT2D eigenvalue weighted by Gasteiger charge is -2.10. The molecule has 2 unspecified atom stereocenters. The first-order valence-electron chi connectivity index (χ1n) is 5.59. The lowest BCUT2D eigenvalue weighted by atomic mass is 10.1. The summed E-state index contributed by atoms with van der Waals surface area (Å²) < 4.78 is 0. The molecule has 17 heavy (non-hydrogen) atoms. The minimum Gasteiger partial charge on any atom is -0.393 e. The van der Waals surface area contributed by atoms with Crippen molar-refractivity contribution in [2.45, 2.75) is 25.4 Å².